The van der Waals surface area contributed by atoms with Crippen LogP contribution in [0, 0.1) is 0 Å². The third-order valence-electron chi connectivity index (χ3n) is 2.88. The average molecular weight is 270 g/mol. The Hall–Kier alpha value is -2.49. The van der Waals surface area contributed by atoms with E-state index >= 15 is 0 Å². The molecule has 0 saturated carbocycles. The van der Waals surface area contributed by atoms with Gasteiger partial charge in [-0.1, -0.05) is 18.2 Å². The van der Waals surface area contributed by atoms with E-state index in [0.29, 0.717) is 18.7 Å². The highest BCUT2D eigenvalue weighted by Gasteiger charge is 2.01. The highest BCUT2D eigenvalue weighted by atomic mass is 16.5. The molecule has 0 spiro atoms. The normalized spacial score (nSPS) is 10.1. The fourth-order valence-electron chi connectivity index (χ4n) is 1.86. The van der Waals surface area contributed by atoms with E-state index in [1.54, 1.807) is 18.2 Å². The van der Waals surface area contributed by atoms with E-state index in [9.17, 15) is 4.79 Å². The Morgan fingerprint density at radius 2 is 1.95 bits per heavy atom. The number of rotatable bonds is 6. The fraction of sp³-hybridized carbons (Fsp3) is 0.188. The Bertz CT molecular complexity index is 579. The third kappa shape index (κ3) is 3.75. The van der Waals surface area contributed by atoms with Crippen molar-refractivity contribution in [3.8, 4) is 5.75 Å². The van der Waals surface area contributed by atoms with Gasteiger partial charge in [0.05, 0.1) is 6.61 Å². The zero-order valence-corrected chi connectivity index (χ0v) is 11.4. The molecule has 4 heteroatoms. The Morgan fingerprint density at radius 3 is 2.60 bits per heavy atom. The Labute approximate surface area is 118 Å². The summed E-state index contributed by atoms with van der Waals surface area (Å²) < 4.78 is 5.39. The van der Waals surface area contributed by atoms with Crippen LogP contribution in [0.1, 0.15) is 22.8 Å². The second-order valence-corrected chi connectivity index (χ2v) is 4.38. The van der Waals surface area contributed by atoms with Crippen LogP contribution in [0.15, 0.2) is 48.5 Å². The molecular weight excluding hydrogens is 252 g/mol. The van der Waals surface area contributed by atoms with E-state index < -0.39 is 5.91 Å². The number of benzene rings is 2. The van der Waals surface area contributed by atoms with Gasteiger partial charge in [-0.3, -0.25) is 4.79 Å². The number of nitrogens with one attached hydrogen (secondary N) is 1. The molecule has 0 aliphatic heterocycles. The van der Waals surface area contributed by atoms with Gasteiger partial charge in [-0.25, -0.2) is 0 Å². The van der Waals surface area contributed by atoms with Gasteiger partial charge in [-0.2, -0.15) is 0 Å². The molecule has 0 radical (unpaired) electrons. The second kappa shape index (κ2) is 6.61. The van der Waals surface area contributed by atoms with Crippen molar-refractivity contribution < 1.29 is 9.53 Å². The summed E-state index contributed by atoms with van der Waals surface area (Å²) in [4.78, 5) is 11.1. The second-order valence-electron chi connectivity index (χ2n) is 4.38. The quantitative estimate of drug-likeness (QED) is 0.848. The number of carbonyl (C=O) groups is 1. The van der Waals surface area contributed by atoms with Gasteiger partial charge in [-0.15, -0.1) is 0 Å². The lowest BCUT2D eigenvalue weighted by molar-refractivity contribution is 0.100. The highest BCUT2D eigenvalue weighted by molar-refractivity contribution is 5.93. The van der Waals surface area contributed by atoms with Crippen LogP contribution in [0.25, 0.3) is 0 Å². The average Bonchev–Trinajstić information content (AvgIpc) is 2.47. The molecule has 4 nitrogen and oxygen atoms in total. The SMILES string of the molecule is CCOc1ccc(CNc2cccc(C(N)=O)c2)cc1. The Kier molecular flexibility index (Phi) is 4.60. The van der Waals surface area contributed by atoms with Gasteiger partial charge in [0.25, 0.3) is 0 Å². The maximum absolute atomic E-state index is 11.1. The summed E-state index contributed by atoms with van der Waals surface area (Å²) in [5.41, 5.74) is 7.76. The number of hydrogen-bond donors (Lipinski definition) is 2. The van der Waals surface area contributed by atoms with Gasteiger partial charge in [0.2, 0.25) is 5.91 Å². The Morgan fingerprint density at radius 1 is 1.20 bits per heavy atom. The summed E-state index contributed by atoms with van der Waals surface area (Å²) in [7, 11) is 0. The standard InChI is InChI=1S/C16H18N2O2/c1-2-20-15-8-6-12(7-9-15)11-18-14-5-3-4-13(10-14)16(17)19/h3-10,18H,2,11H2,1H3,(H2,17,19). The number of anilines is 1. The van der Waals surface area contributed by atoms with Crippen LogP contribution < -0.4 is 15.8 Å². The maximum atomic E-state index is 11.1. The molecule has 3 N–H and O–H groups in total. The summed E-state index contributed by atoms with van der Waals surface area (Å²) in [6, 6.07) is 15.1. The molecule has 0 aromatic heterocycles. The smallest absolute Gasteiger partial charge is 0.248 e. The van der Waals surface area contributed by atoms with Crippen LogP contribution in [0.4, 0.5) is 5.69 Å². The molecule has 0 atom stereocenters. The van der Waals surface area contributed by atoms with Crippen LogP contribution in [-0.4, -0.2) is 12.5 Å². The lowest BCUT2D eigenvalue weighted by Crippen LogP contribution is -2.11. The van der Waals surface area contributed by atoms with Crippen molar-refractivity contribution >= 4 is 11.6 Å². The van der Waals surface area contributed by atoms with Gasteiger partial charge in [0, 0.05) is 17.8 Å². The fourth-order valence-corrected chi connectivity index (χ4v) is 1.86. The monoisotopic (exact) mass is 270 g/mol. The zero-order chi connectivity index (χ0) is 14.4. The summed E-state index contributed by atoms with van der Waals surface area (Å²) in [5.74, 6) is 0.446. The third-order valence-corrected chi connectivity index (χ3v) is 2.88. The van der Waals surface area contributed by atoms with Crippen LogP contribution in [0.2, 0.25) is 0 Å². The van der Waals surface area contributed by atoms with Gasteiger partial charge >= 0.3 is 0 Å². The van der Waals surface area contributed by atoms with E-state index in [1.807, 2.05) is 37.3 Å². The van der Waals surface area contributed by atoms with E-state index in [2.05, 4.69) is 5.32 Å². The molecule has 20 heavy (non-hydrogen) atoms. The molecular formula is C16H18N2O2. The van der Waals surface area contributed by atoms with Gasteiger partial charge in [0.1, 0.15) is 5.75 Å². The number of nitrogens with two attached hydrogens (primary N) is 1. The zero-order valence-electron chi connectivity index (χ0n) is 11.4. The summed E-state index contributed by atoms with van der Waals surface area (Å²) in [6.45, 7) is 3.30. The molecule has 0 bridgehead atoms. The molecule has 104 valence electrons. The lowest BCUT2D eigenvalue weighted by Gasteiger charge is -2.08. The van der Waals surface area contributed by atoms with Crippen molar-refractivity contribution in [3.63, 3.8) is 0 Å². The Balaban J connectivity index is 1.97. The van der Waals surface area contributed by atoms with Crippen molar-refractivity contribution in [2.45, 2.75) is 13.5 Å². The molecule has 2 aromatic rings. The summed E-state index contributed by atoms with van der Waals surface area (Å²) >= 11 is 0. The lowest BCUT2D eigenvalue weighted by atomic mass is 10.1. The minimum absolute atomic E-state index is 0.422. The van der Waals surface area contributed by atoms with E-state index in [1.165, 1.54) is 0 Å². The molecule has 0 saturated heterocycles. The van der Waals surface area contributed by atoms with Crippen molar-refractivity contribution in [2.24, 2.45) is 5.73 Å². The van der Waals surface area contributed by atoms with E-state index in [-0.39, 0.29) is 0 Å². The first-order chi connectivity index (χ1) is 9.69. The summed E-state index contributed by atoms with van der Waals surface area (Å²) in [6.07, 6.45) is 0. The van der Waals surface area contributed by atoms with Crippen LogP contribution in [0.5, 0.6) is 5.75 Å². The van der Waals surface area contributed by atoms with E-state index in [4.69, 9.17) is 10.5 Å². The minimum Gasteiger partial charge on any atom is -0.494 e. The molecule has 0 unspecified atom stereocenters. The van der Waals surface area contributed by atoms with Crippen molar-refractivity contribution in [1.82, 2.24) is 0 Å². The maximum Gasteiger partial charge on any atom is 0.248 e. The highest BCUT2D eigenvalue weighted by Crippen LogP contribution is 2.15. The number of hydrogen-bond acceptors (Lipinski definition) is 3. The first-order valence-corrected chi connectivity index (χ1v) is 6.54. The van der Waals surface area contributed by atoms with Crippen LogP contribution in [-0.2, 0) is 6.54 Å². The number of amides is 1. The van der Waals surface area contributed by atoms with Gasteiger partial charge in [0.15, 0.2) is 0 Å². The largest absolute Gasteiger partial charge is 0.494 e. The van der Waals surface area contributed by atoms with Gasteiger partial charge in [-0.05, 0) is 42.8 Å². The molecule has 2 aromatic carbocycles. The van der Waals surface area contributed by atoms with E-state index in [0.717, 1.165) is 17.0 Å². The minimum atomic E-state index is -0.422. The molecule has 0 heterocycles. The molecule has 2 rings (SSSR count). The molecule has 0 aliphatic rings. The predicted molar refractivity (Wildman–Crippen MR) is 79.9 cm³/mol. The number of primary amides is 1. The van der Waals surface area contributed by atoms with Crippen molar-refractivity contribution in [2.75, 3.05) is 11.9 Å². The number of carbonyl (C=O) groups excluding carboxylic acids is 1. The molecule has 0 aliphatic carbocycles. The first-order valence-electron chi connectivity index (χ1n) is 6.54. The van der Waals surface area contributed by atoms with Crippen molar-refractivity contribution in [1.29, 1.82) is 0 Å². The van der Waals surface area contributed by atoms with Crippen LogP contribution in [0.3, 0.4) is 0 Å². The predicted octanol–water partition coefficient (Wildman–Crippen LogP) is 2.80. The van der Waals surface area contributed by atoms with Gasteiger partial charge < -0.3 is 15.8 Å². The molecule has 0 fully saturated rings. The molecule has 1 amide bonds. The first kappa shape index (κ1) is 13.9. The topological polar surface area (TPSA) is 64.3 Å². The summed E-state index contributed by atoms with van der Waals surface area (Å²) in [5, 5.41) is 3.26. The van der Waals surface area contributed by atoms with Crippen LogP contribution >= 0.6 is 0 Å². The van der Waals surface area contributed by atoms with Crippen molar-refractivity contribution in [3.05, 3.63) is 59.7 Å². The number of ether oxygens (including phenoxy) is 1.